The highest BCUT2D eigenvalue weighted by atomic mass is 16.3. The molecule has 0 saturated carbocycles. The summed E-state index contributed by atoms with van der Waals surface area (Å²) in [5.41, 5.74) is 22.6. The van der Waals surface area contributed by atoms with Gasteiger partial charge in [-0.2, -0.15) is 0 Å². The highest BCUT2D eigenvalue weighted by Gasteiger charge is 2.46. The predicted molar refractivity (Wildman–Crippen MR) is 285 cm³/mol. The predicted octanol–water partition coefficient (Wildman–Crippen LogP) is 15.6. The summed E-state index contributed by atoms with van der Waals surface area (Å²) >= 11 is 0. The number of benzene rings is 7. The lowest BCUT2D eigenvalue weighted by Gasteiger charge is -2.46. The third-order valence-corrected chi connectivity index (χ3v) is 15.6. The van der Waals surface area contributed by atoms with Crippen molar-refractivity contribution in [2.45, 2.75) is 130 Å². The average molecular weight is 865 g/mol. The van der Waals surface area contributed by atoms with Crippen LogP contribution >= 0.6 is 0 Å². The zero-order valence-electron chi connectivity index (χ0n) is 41.5. The third kappa shape index (κ3) is 6.60. The Labute approximate surface area is 393 Å². The highest BCUT2D eigenvalue weighted by Crippen LogP contribution is 2.51. The number of hydrogen-bond acceptors (Lipinski definition) is 3. The molecule has 1 aliphatic carbocycles. The smallest absolute Gasteiger partial charge is 0.252 e. The van der Waals surface area contributed by atoms with Crippen LogP contribution in [0, 0.1) is 0 Å². The quantitative estimate of drug-likeness (QED) is 0.165. The molecule has 1 aromatic heterocycles. The van der Waals surface area contributed by atoms with Crippen molar-refractivity contribution in [1.29, 1.82) is 0 Å². The lowest BCUT2D eigenvalue weighted by Crippen LogP contribution is -2.61. The van der Waals surface area contributed by atoms with Crippen molar-refractivity contribution in [1.82, 2.24) is 0 Å². The molecule has 0 saturated heterocycles. The van der Waals surface area contributed by atoms with Gasteiger partial charge in [-0.3, -0.25) is 0 Å². The molecule has 0 atom stereocenters. The Morgan fingerprint density at radius 3 is 1.73 bits per heavy atom. The van der Waals surface area contributed by atoms with Gasteiger partial charge in [0.2, 0.25) is 0 Å². The van der Waals surface area contributed by atoms with Crippen molar-refractivity contribution in [2.75, 3.05) is 9.80 Å². The van der Waals surface area contributed by atoms with Gasteiger partial charge in [0.15, 0.2) is 0 Å². The highest BCUT2D eigenvalue weighted by molar-refractivity contribution is 7.00. The minimum atomic E-state index is -0.112. The van der Waals surface area contributed by atoms with E-state index in [9.17, 15) is 0 Å². The van der Waals surface area contributed by atoms with E-state index in [4.69, 9.17) is 4.42 Å². The molecule has 3 nitrogen and oxygen atoms in total. The summed E-state index contributed by atoms with van der Waals surface area (Å²) in [5, 5.41) is 2.30. The second-order valence-electron chi connectivity index (χ2n) is 24.2. The van der Waals surface area contributed by atoms with E-state index >= 15 is 0 Å². The van der Waals surface area contributed by atoms with Crippen LogP contribution in [0.4, 0.5) is 34.1 Å². The van der Waals surface area contributed by atoms with E-state index in [0.29, 0.717) is 0 Å². The topological polar surface area (TPSA) is 19.6 Å². The Hall–Kier alpha value is -6.00. The molecule has 66 heavy (non-hydrogen) atoms. The van der Waals surface area contributed by atoms with Crippen LogP contribution in [-0.2, 0) is 27.1 Å². The first-order valence-corrected chi connectivity index (χ1v) is 24.3. The van der Waals surface area contributed by atoms with Gasteiger partial charge in [-0.25, -0.2) is 0 Å². The second-order valence-corrected chi connectivity index (χ2v) is 24.2. The van der Waals surface area contributed by atoms with Gasteiger partial charge in [-0.05, 0) is 144 Å². The van der Waals surface area contributed by atoms with Gasteiger partial charge in [0.05, 0.1) is 0 Å². The van der Waals surface area contributed by atoms with E-state index in [1.54, 1.807) is 0 Å². The van der Waals surface area contributed by atoms with E-state index in [2.05, 4.69) is 227 Å². The summed E-state index contributed by atoms with van der Waals surface area (Å²) in [5.74, 6) is 0. The molecule has 0 unspecified atom stereocenters. The molecule has 3 heterocycles. The first-order valence-electron chi connectivity index (χ1n) is 24.3. The number of anilines is 6. The first kappa shape index (κ1) is 42.6. The molecule has 3 aliphatic rings. The van der Waals surface area contributed by atoms with Crippen LogP contribution < -0.4 is 26.2 Å². The first-order chi connectivity index (χ1) is 31.1. The number of fused-ring (bicyclic) bond motifs is 8. The van der Waals surface area contributed by atoms with E-state index in [-0.39, 0.29) is 33.8 Å². The van der Waals surface area contributed by atoms with Crippen LogP contribution in [0.5, 0.6) is 0 Å². The molecular formula is C62H65BN2O. The molecule has 0 amide bonds. The molecule has 0 N–H and O–H groups in total. The summed E-state index contributed by atoms with van der Waals surface area (Å²) in [6.45, 7) is 31.0. The van der Waals surface area contributed by atoms with E-state index < -0.39 is 0 Å². The lowest BCUT2D eigenvalue weighted by molar-refractivity contribution is 0.332. The number of nitrogens with zero attached hydrogens (tertiary/aromatic N) is 2. The average Bonchev–Trinajstić information content (AvgIpc) is 3.65. The molecule has 7 aromatic carbocycles. The van der Waals surface area contributed by atoms with Crippen molar-refractivity contribution >= 4 is 79.2 Å². The van der Waals surface area contributed by atoms with Gasteiger partial charge >= 0.3 is 0 Å². The summed E-state index contributed by atoms with van der Waals surface area (Å²) in [7, 11) is 0. The fourth-order valence-electron chi connectivity index (χ4n) is 11.4. The Morgan fingerprint density at radius 1 is 0.470 bits per heavy atom. The molecule has 0 spiro atoms. The van der Waals surface area contributed by atoms with Gasteiger partial charge in [-0.1, -0.05) is 169 Å². The van der Waals surface area contributed by atoms with Crippen LogP contribution in [0.15, 0.2) is 138 Å². The fraction of sp³-hybridized carbons (Fsp3) is 0.323. The maximum Gasteiger partial charge on any atom is 0.252 e. The largest absolute Gasteiger partial charge is 0.455 e. The van der Waals surface area contributed by atoms with Crippen LogP contribution in [0.25, 0.3) is 33.1 Å². The minimum Gasteiger partial charge on any atom is -0.455 e. The fourth-order valence-corrected chi connectivity index (χ4v) is 11.4. The molecular weight excluding hydrogens is 800 g/mol. The summed E-state index contributed by atoms with van der Waals surface area (Å²) in [4.78, 5) is 5.23. The maximum atomic E-state index is 6.55. The molecule has 0 radical (unpaired) electrons. The van der Waals surface area contributed by atoms with Gasteiger partial charge in [0.1, 0.15) is 11.2 Å². The molecule has 4 heteroatoms. The lowest BCUT2D eigenvalue weighted by atomic mass is 9.33. The molecule has 11 rings (SSSR count). The van der Waals surface area contributed by atoms with Gasteiger partial charge in [0.25, 0.3) is 6.71 Å². The monoisotopic (exact) mass is 865 g/mol. The Kier molecular flexibility index (Phi) is 9.21. The molecule has 2 aliphatic heterocycles. The maximum absolute atomic E-state index is 6.55. The summed E-state index contributed by atoms with van der Waals surface area (Å²) < 4.78 is 6.55. The number of para-hydroxylation sites is 2. The molecule has 0 fully saturated rings. The SMILES string of the molecule is CC(C)(C)c1ccc2c(c1)B1c3ccc(C(C)(C)C)cc3N(c3ccc(-c4cccc5c4oc4ccccc45)cc3)c3cc(C(C)(C)C)cc(c31)N2c1ccc2c(c1)C(C)(C)CCC2(C)C. The number of furan rings is 1. The van der Waals surface area contributed by atoms with Crippen molar-refractivity contribution in [3.8, 4) is 11.1 Å². The third-order valence-electron chi connectivity index (χ3n) is 15.6. The van der Waals surface area contributed by atoms with Crippen molar-refractivity contribution in [3.05, 3.63) is 161 Å². The van der Waals surface area contributed by atoms with E-state index in [0.717, 1.165) is 38.8 Å². The van der Waals surface area contributed by atoms with Crippen molar-refractivity contribution < 1.29 is 4.42 Å². The zero-order valence-corrected chi connectivity index (χ0v) is 41.5. The van der Waals surface area contributed by atoms with E-state index in [1.165, 1.54) is 85.5 Å². The van der Waals surface area contributed by atoms with Crippen molar-refractivity contribution in [3.63, 3.8) is 0 Å². The van der Waals surface area contributed by atoms with Gasteiger partial charge in [-0.15, -0.1) is 0 Å². The Morgan fingerprint density at radius 2 is 1.05 bits per heavy atom. The second kappa shape index (κ2) is 14.3. The number of hydrogen-bond donors (Lipinski definition) is 0. The number of rotatable bonds is 3. The standard InChI is InChI=1S/C62H65BN2O/c1-58(2,3)39-24-30-51-50(33-39)63-49-29-23-40(59(4,5)6)34-52(49)64(42-25-21-38(22-26-42)44-18-16-19-46-45-17-14-15-20-55(45)66-57(44)46)53-35-41(60(7,8)9)36-54(56(53)63)65(51)43-27-28-47-48(37-43)62(12,13)32-31-61(47,10)11/h14-30,33-37H,31-32H2,1-13H3. The summed E-state index contributed by atoms with van der Waals surface area (Å²) in [6, 6.07) is 51.4. The molecule has 8 aromatic rings. The Balaban J connectivity index is 1.19. The van der Waals surface area contributed by atoms with E-state index in [1.807, 2.05) is 6.07 Å². The summed E-state index contributed by atoms with van der Waals surface area (Å²) in [6.07, 6.45) is 2.37. The molecule has 0 bridgehead atoms. The van der Waals surface area contributed by atoms with Crippen molar-refractivity contribution in [2.24, 2.45) is 0 Å². The van der Waals surface area contributed by atoms with Crippen LogP contribution in [0.1, 0.15) is 131 Å². The van der Waals surface area contributed by atoms with Crippen LogP contribution in [0.2, 0.25) is 0 Å². The zero-order chi connectivity index (χ0) is 46.5. The van der Waals surface area contributed by atoms with Gasteiger partial charge in [0, 0.05) is 50.5 Å². The molecule has 332 valence electrons. The Bertz CT molecular complexity index is 3270. The van der Waals surface area contributed by atoms with Crippen LogP contribution in [-0.4, -0.2) is 6.71 Å². The normalized spacial score (nSPS) is 16.3. The van der Waals surface area contributed by atoms with Gasteiger partial charge < -0.3 is 14.2 Å². The minimum absolute atomic E-state index is 0.0193. The van der Waals surface area contributed by atoms with Crippen LogP contribution in [0.3, 0.4) is 0 Å².